The van der Waals surface area contributed by atoms with Crippen LogP contribution in [0.5, 0.6) is 0 Å². The van der Waals surface area contributed by atoms with E-state index in [1.807, 2.05) is 34.8 Å². The van der Waals surface area contributed by atoms with Crippen LogP contribution < -0.4 is 0 Å². The lowest BCUT2D eigenvalue weighted by atomic mass is 9.98. The summed E-state index contributed by atoms with van der Waals surface area (Å²) in [7, 11) is 0. The lowest BCUT2D eigenvalue weighted by Gasteiger charge is -2.11. The largest absolute Gasteiger partial charge is 0.455 e. The van der Waals surface area contributed by atoms with Gasteiger partial charge in [0.05, 0.1) is 60.0 Å². The van der Waals surface area contributed by atoms with Gasteiger partial charge in [-0.15, -0.1) is 22.7 Å². The minimum Gasteiger partial charge on any atom is -0.455 e. The van der Waals surface area contributed by atoms with Crippen molar-refractivity contribution in [3.8, 4) is 89.8 Å². The summed E-state index contributed by atoms with van der Waals surface area (Å²) in [5.41, 5.74) is 32.1. The normalized spacial score (nSPS) is 11.9. The van der Waals surface area contributed by atoms with Gasteiger partial charge in [-0.2, -0.15) is 0 Å². The Hall–Kier alpha value is -17.3. The van der Waals surface area contributed by atoms with Crippen molar-refractivity contribution >= 4 is 183 Å². The van der Waals surface area contributed by atoms with Crippen LogP contribution in [0.4, 0.5) is 0 Å². The van der Waals surface area contributed by atoms with Crippen LogP contribution in [0.3, 0.4) is 0 Å². The van der Waals surface area contributed by atoms with E-state index in [0.29, 0.717) is 0 Å². The van der Waals surface area contributed by atoms with Crippen molar-refractivity contribution in [1.29, 1.82) is 0 Å². The van der Waals surface area contributed by atoms with E-state index in [9.17, 15) is 0 Å². The van der Waals surface area contributed by atoms with E-state index in [-0.39, 0.29) is 0 Å². The molecular formula is C126H80N6OS2. The van der Waals surface area contributed by atoms with Crippen molar-refractivity contribution in [2.75, 3.05) is 0 Å². The molecule has 0 amide bonds. The summed E-state index contributed by atoms with van der Waals surface area (Å²) in [5, 5.41) is 18.9. The highest BCUT2D eigenvalue weighted by atomic mass is 32.1. The van der Waals surface area contributed by atoms with Gasteiger partial charge >= 0.3 is 0 Å². The van der Waals surface area contributed by atoms with Crippen molar-refractivity contribution in [1.82, 2.24) is 27.4 Å². The standard InChI is InChI=1S/C50H32N2S.C38H24N2O.C38H24N2S/c1-3-11-33(12-4-1)34-21-23-35(24-22-34)39-16-9-18-43-44-19-10-17-40(50(44)53-49(39)43)36-25-27-38(28-26-36)52-47-20-8-7-15-41(47)42-29-30-46-45(48(42)52)31-32-51(46)37-13-5-2-6-14-37;1-2-9-26(10-3-1)39-24-23-33-34(39)22-21-31-29-11-4-6-15-35(29)40(37(31)33)27-19-17-25(18-20-27)28-13-8-14-32-30-12-5-7-16-36(30)41-38(28)32;1-3-11-25(12-4-1)27-16-9-17-30-31-18-10-20-35(38(31)41-37(27)30)40-34-19-8-7-15-28(34)29-21-22-33-32(36(29)40)23-24-39(33)26-13-5-2-6-14-26/h1-32H;2*1-24H. The second kappa shape index (κ2) is 31.8. The summed E-state index contributed by atoms with van der Waals surface area (Å²) in [6.07, 6.45) is 6.58. The number of benzene rings is 20. The SMILES string of the molecule is c1ccc(-c2ccc(-c3cccc4c3sc3c(-c5ccc(-n6c7ccccc7c7ccc8c(ccn8-c8ccccc8)c76)cc5)cccc34)cc2)cc1.c1ccc(-c2cccc3c2sc2c(-n4c5ccccc5c5ccc6c(ccn6-c6ccccc6)c54)cccc23)cc1.c1ccc(-n2ccc3c2ccc2c4ccccc4n(-c4ccc(-c5cccc6c5oc5ccccc56)cc4)c23)cc1. The van der Waals surface area contributed by atoms with Crippen LogP contribution in [0.15, 0.2) is 490 Å². The molecule has 29 rings (SSSR count). The summed E-state index contributed by atoms with van der Waals surface area (Å²) >= 11 is 3.81. The van der Waals surface area contributed by atoms with Gasteiger partial charge in [0, 0.05) is 147 Å². The zero-order valence-electron chi connectivity index (χ0n) is 73.1. The van der Waals surface area contributed by atoms with Crippen LogP contribution in [0, 0.1) is 0 Å². The molecule has 0 aliphatic rings. The highest BCUT2D eigenvalue weighted by Gasteiger charge is 2.25. The predicted molar refractivity (Wildman–Crippen MR) is 573 cm³/mol. The fourth-order valence-electron chi connectivity index (χ4n) is 21.4. The molecule has 0 aliphatic heterocycles. The number of aromatic nitrogens is 6. The molecule has 9 aromatic heterocycles. The van der Waals surface area contributed by atoms with Crippen LogP contribution in [-0.4, -0.2) is 27.4 Å². The third-order valence-electron chi connectivity index (χ3n) is 27.5. The first-order valence-corrected chi connectivity index (χ1v) is 47.6. The molecule has 9 heterocycles. The van der Waals surface area contributed by atoms with Crippen LogP contribution in [0.1, 0.15) is 0 Å². The third kappa shape index (κ3) is 12.6. The smallest absolute Gasteiger partial charge is 0.143 e. The number of hydrogen-bond acceptors (Lipinski definition) is 3. The van der Waals surface area contributed by atoms with E-state index in [2.05, 4.69) is 501 Å². The third-order valence-corrected chi connectivity index (χ3v) is 30.1. The number of para-hydroxylation sites is 8. The second-order valence-electron chi connectivity index (χ2n) is 34.9. The Kier molecular flexibility index (Phi) is 18.3. The first kappa shape index (κ1) is 77.6. The highest BCUT2D eigenvalue weighted by molar-refractivity contribution is 7.27. The lowest BCUT2D eigenvalue weighted by molar-refractivity contribution is 0.670. The molecule has 7 nitrogen and oxygen atoms in total. The average Bonchev–Trinajstić information content (AvgIpc) is 1.51. The lowest BCUT2D eigenvalue weighted by Crippen LogP contribution is -1.95. The van der Waals surface area contributed by atoms with Crippen LogP contribution in [0.25, 0.3) is 250 Å². The van der Waals surface area contributed by atoms with Crippen molar-refractivity contribution in [2.45, 2.75) is 0 Å². The first-order chi connectivity index (χ1) is 67.0. The van der Waals surface area contributed by atoms with Gasteiger partial charge in [-0.05, 0) is 177 Å². The first-order valence-electron chi connectivity index (χ1n) is 46.0. The predicted octanol–water partition coefficient (Wildman–Crippen LogP) is 35.2. The quantitative estimate of drug-likeness (QED) is 0.127. The molecule has 0 spiro atoms. The van der Waals surface area contributed by atoms with E-state index < -0.39 is 0 Å². The molecule has 632 valence electrons. The molecule has 20 aromatic carbocycles. The Morgan fingerprint density at radius 2 is 0.467 bits per heavy atom. The Bertz CT molecular complexity index is 9710. The van der Waals surface area contributed by atoms with Crippen LogP contribution in [-0.2, 0) is 0 Å². The topological polar surface area (TPSA) is 42.7 Å². The summed E-state index contributed by atoms with van der Waals surface area (Å²) in [6, 6.07) is 169. The van der Waals surface area contributed by atoms with Crippen molar-refractivity contribution in [3.05, 3.63) is 486 Å². The van der Waals surface area contributed by atoms with Crippen molar-refractivity contribution in [2.24, 2.45) is 0 Å². The number of fused-ring (bicyclic) bond motifs is 24. The summed E-state index contributed by atoms with van der Waals surface area (Å²) in [4.78, 5) is 0. The Balaban J connectivity index is 0.000000104. The van der Waals surface area contributed by atoms with Gasteiger partial charge in [-0.3, -0.25) is 0 Å². The van der Waals surface area contributed by atoms with E-state index >= 15 is 0 Å². The van der Waals surface area contributed by atoms with Crippen molar-refractivity contribution in [3.63, 3.8) is 0 Å². The van der Waals surface area contributed by atoms with E-state index in [1.165, 1.54) is 194 Å². The van der Waals surface area contributed by atoms with Gasteiger partial charge < -0.3 is 31.8 Å². The van der Waals surface area contributed by atoms with Crippen LogP contribution >= 0.6 is 22.7 Å². The fraction of sp³-hybridized carbons (Fsp3) is 0. The Labute approximate surface area is 784 Å². The van der Waals surface area contributed by atoms with E-state index in [4.69, 9.17) is 4.42 Å². The van der Waals surface area contributed by atoms with Gasteiger partial charge in [0.25, 0.3) is 0 Å². The molecule has 0 fully saturated rings. The molecule has 29 aromatic rings. The Morgan fingerprint density at radius 1 is 0.163 bits per heavy atom. The number of rotatable bonds is 11. The molecule has 0 aliphatic carbocycles. The molecule has 0 bridgehead atoms. The number of thiophene rings is 2. The molecule has 0 radical (unpaired) electrons. The monoisotopic (exact) mass is 1760 g/mol. The van der Waals surface area contributed by atoms with Gasteiger partial charge in [0.15, 0.2) is 0 Å². The Morgan fingerprint density at radius 3 is 0.911 bits per heavy atom. The van der Waals surface area contributed by atoms with E-state index in [0.717, 1.165) is 55.8 Å². The van der Waals surface area contributed by atoms with Gasteiger partial charge in [-0.1, -0.05) is 340 Å². The average molecular weight is 1760 g/mol. The van der Waals surface area contributed by atoms with E-state index in [1.54, 1.807) is 0 Å². The minimum atomic E-state index is 0.920. The zero-order valence-corrected chi connectivity index (χ0v) is 74.7. The van der Waals surface area contributed by atoms with Gasteiger partial charge in [0.1, 0.15) is 11.2 Å². The van der Waals surface area contributed by atoms with Gasteiger partial charge in [-0.25, -0.2) is 0 Å². The summed E-state index contributed by atoms with van der Waals surface area (Å²) < 4.78 is 25.9. The number of furan rings is 1. The minimum absolute atomic E-state index is 0.920. The molecular weight excluding hydrogens is 1680 g/mol. The number of hydrogen-bond donors (Lipinski definition) is 0. The number of nitrogens with zero attached hydrogens (tertiary/aromatic N) is 6. The molecule has 0 atom stereocenters. The van der Waals surface area contributed by atoms with Gasteiger partial charge in [0.2, 0.25) is 0 Å². The van der Waals surface area contributed by atoms with Crippen LogP contribution in [0.2, 0.25) is 0 Å². The second-order valence-corrected chi connectivity index (χ2v) is 36.9. The molecule has 0 saturated heterocycles. The highest BCUT2D eigenvalue weighted by Crippen LogP contribution is 2.50. The zero-order chi connectivity index (χ0) is 88.7. The van der Waals surface area contributed by atoms with Crippen molar-refractivity contribution < 1.29 is 4.42 Å². The maximum Gasteiger partial charge on any atom is 0.143 e. The molecule has 9 heteroatoms. The molecule has 135 heavy (non-hydrogen) atoms. The maximum atomic E-state index is 6.34. The maximum absolute atomic E-state index is 6.34. The molecule has 0 N–H and O–H groups in total. The molecule has 0 unspecified atom stereocenters. The fourth-order valence-corrected chi connectivity index (χ4v) is 24.1. The summed E-state index contributed by atoms with van der Waals surface area (Å²) in [6.45, 7) is 0. The molecule has 0 saturated carbocycles. The summed E-state index contributed by atoms with van der Waals surface area (Å²) in [5.74, 6) is 0.